The lowest BCUT2D eigenvalue weighted by molar-refractivity contribution is 0.213. The van der Waals surface area contributed by atoms with E-state index in [1.54, 1.807) is 36.4 Å². The number of benzene rings is 12. The van der Waals surface area contributed by atoms with Gasteiger partial charge in [-0.25, -0.2) is 0 Å². The quantitative estimate of drug-likeness (QED) is 0.0164. The number of likely N-dealkylation sites (tertiary alicyclic amines) is 3. The van der Waals surface area contributed by atoms with Crippen molar-refractivity contribution in [1.82, 2.24) is 24.9 Å². The predicted octanol–water partition coefficient (Wildman–Crippen LogP) is 24.2. The van der Waals surface area contributed by atoms with Gasteiger partial charge in [-0.3, -0.25) is 9.80 Å². The Morgan fingerprint density at radius 3 is 1.16 bits per heavy atom. The van der Waals surface area contributed by atoms with E-state index < -0.39 is 0 Å². The molecule has 6 fully saturated rings. The van der Waals surface area contributed by atoms with Crippen molar-refractivity contribution in [3.8, 4) is 28.7 Å². The number of aromatic hydroxyl groups is 3. The van der Waals surface area contributed by atoms with Gasteiger partial charge in [0.05, 0.1) is 0 Å². The maximum absolute atomic E-state index is 9.89. The molecule has 2 unspecified atom stereocenters. The normalized spacial score (nSPS) is 17.0. The Kier molecular flexibility index (Phi) is 37.7. The van der Waals surface area contributed by atoms with Crippen LogP contribution in [0.5, 0.6) is 28.7 Å². The zero-order valence-electron chi connectivity index (χ0n) is 82.4. The number of nitrogens with one attached hydrogen (secondary N) is 2. The van der Waals surface area contributed by atoms with Gasteiger partial charge in [0.15, 0.2) is 0 Å². The standard InChI is InChI=1S/C33H39NO3.C32H36N2O2.C30H36N2O2.C30H33NO3/c35-23-6-9-31(26-7-2-1-3-8-26)32(27-10-14-29(36)15-11-27)28-12-16-30(17-13-28)37-24-22-34-21-20-33(25-34)18-4-5-19-33;1-24-9-11-26(12-10-24)32(30(8-5-21-35)25-6-3-2-4-7-25)28-14-13-27-22-29(36-31(27)23-28)15-18-34-19-16-33-17-20-34;33-23-7-10-29(24-8-3-1-4-9-24)30(26-13-17-28(34)18-14-26)25-11-15-27(16-12-25)31-19-22-32-20-5-2-6-21-32;32-17-4-7-29(22-5-2-1-3-6-22)30(23-8-12-27(33)13-9-23)24-10-14-28(15-11-24)34-18-16-31-20-25-19-26(25)21-31/h1-3,7-8,10-17,35-36H,4-6,9,18-25H2;2-4,6-7,9-14,22-23,33,35H,5,8,15-21H2,1H3;1,3-4,8-9,11-18,31,33-34H,2,5-7,10,19-23H2;1-3,5-6,8-15,25-26,32-33H,4,7,16-21H2/b32-31-;32-30-;30-29+;30-29-. The van der Waals surface area contributed by atoms with Gasteiger partial charge in [0, 0.05) is 122 Å². The van der Waals surface area contributed by atoms with Crippen molar-refractivity contribution in [2.75, 3.05) is 143 Å². The van der Waals surface area contributed by atoms with E-state index in [4.69, 9.17) is 13.9 Å². The number of phenolic OH excluding ortho intramolecular Hbond substituents is 3. The fourth-order valence-corrected chi connectivity index (χ4v) is 21.2. The Balaban J connectivity index is 0.000000135. The first kappa shape index (κ1) is 102. The van der Waals surface area contributed by atoms with Crippen molar-refractivity contribution in [2.45, 2.75) is 122 Å². The number of aliphatic hydroxyl groups is 4. The van der Waals surface area contributed by atoms with Crippen LogP contribution in [0.25, 0.3) is 55.6 Å². The molecule has 19 rings (SSSR count). The number of furan rings is 1. The molecule has 1 spiro atoms. The molecule has 2 saturated carbocycles. The molecule has 6 aliphatic rings. The van der Waals surface area contributed by atoms with E-state index in [1.165, 1.54) is 142 Å². The summed E-state index contributed by atoms with van der Waals surface area (Å²) in [5.74, 6) is 5.48. The summed E-state index contributed by atoms with van der Waals surface area (Å²) in [7, 11) is 0. The Labute approximate surface area is 835 Å². The van der Waals surface area contributed by atoms with Crippen molar-refractivity contribution in [1.29, 1.82) is 0 Å². The molecule has 16 nitrogen and oxygen atoms in total. The van der Waals surface area contributed by atoms with Gasteiger partial charge in [-0.1, -0.05) is 255 Å². The summed E-state index contributed by atoms with van der Waals surface area (Å²) in [5, 5.41) is 76.1. The smallest absolute Gasteiger partial charge is 0.134 e. The van der Waals surface area contributed by atoms with Gasteiger partial charge in [-0.05, 0) is 330 Å². The van der Waals surface area contributed by atoms with Crippen LogP contribution in [-0.2, 0) is 6.42 Å². The van der Waals surface area contributed by atoms with Gasteiger partial charge in [-0.15, -0.1) is 0 Å². The lowest BCUT2D eigenvalue weighted by Gasteiger charge is -2.26. The monoisotopic (exact) mass is 1890 g/mol. The lowest BCUT2D eigenvalue weighted by atomic mass is 9.86. The second kappa shape index (κ2) is 52.4. The predicted molar refractivity (Wildman–Crippen MR) is 579 cm³/mol. The third-order valence-corrected chi connectivity index (χ3v) is 28.8. The Morgan fingerprint density at radius 2 is 0.738 bits per heavy atom. The zero-order chi connectivity index (χ0) is 97.2. The minimum atomic E-state index is 0.143. The van der Waals surface area contributed by atoms with Crippen LogP contribution in [0.3, 0.4) is 0 Å². The van der Waals surface area contributed by atoms with Crippen LogP contribution in [0.1, 0.15) is 187 Å². The second-order valence-electron chi connectivity index (χ2n) is 38.9. The maximum atomic E-state index is 9.89. The number of aliphatic hydroxyl groups excluding tert-OH is 4. The average molecular weight is 1890 g/mol. The number of phenols is 3. The van der Waals surface area contributed by atoms with Gasteiger partial charge in [0.25, 0.3) is 0 Å². The van der Waals surface area contributed by atoms with Crippen LogP contribution in [0.4, 0.5) is 5.69 Å². The molecule has 2 aliphatic carbocycles. The highest BCUT2D eigenvalue weighted by molar-refractivity contribution is 6.03. The number of aryl methyl sites for hydroxylation is 1. The lowest BCUT2D eigenvalue weighted by Crippen LogP contribution is -2.44. The summed E-state index contributed by atoms with van der Waals surface area (Å²) < 4.78 is 18.6. The van der Waals surface area contributed by atoms with Crippen LogP contribution in [0, 0.1) is 24.2 Å². The van der Waals surface area contributed by atoms with Gasteiger partial charge in [-0.2, -0.15) is 0 Å². The SMILES string of the molecule is Cc1ccc(/C(=C(\CCCO)c2ccccc2)c2ccc3cc(CCN4CCNCC4)oc3c2)cc1.OCCC/C(=C(\c1ccc(O)cc1)c1ccc(NCCN2CCCCC2)cc1)c1ccccc1.OCCC/C(=C(\c1ccc(O)cc1)c1ccc(OCCN2CC3CC3C2)cc1)c1ccccc1.OCCC/C(=C(\c1ccc(O)cc1)c1ccc(OCCN2CCC3(CCCC3)C2)cc1)c1ccccc1. The van der Waals surface area contributed by atoms with E-state index in [1.807, 2.05) is 78.9 Å². The van der Waals surface area contributed by atoms with Crippen molar-refractivity contribution in [3.05, 3.63) is 394 Å². The van der Waals surface area contributed by atoms with Gasteiger partial charge >= 0.3 is 0 Å². The molecule has 12 aromatic carbocycles. The minimum Gasteiger partial charge on any atom is -0.508 e. The van der Waals surface area contributed by atoms with E-state index in [0.29, 0.717) is 37.9 Å². The number of piperazine rings is 1. The summed E-state index contributed by atoms with van der Waals surface area (Å²) in [6, 6.07) is 107. The highest BCUT2D eigenvalue weighted by Gasteiger charge is 2.45. The van der Waals surface area contributed by atoms with Crippen LogP contribution < -0.4 is 20.1 Å². The number of hydrogen-bond donors (Lipinski definition) is 9. The minimum absolute atomic E-state index is 0.143. The first-order valence-corrected chi connectivity index (χ1v) is 51.8. The Bertz CT molecular complexity index is 5940. The van der Waals surface area contributed by atoms with E-state index in [2.05, 4.69) is 237 Å². The number of piperidine rings is 2. The molecule has 16 heteroatoms. The third kappa shape index (κ3) is 29.0. The molecule has 0 bridgehead atoms. The van der Waals surface area contributed by atoms with Crippen molar-refractivity contribution < 1.29 is 49.6 Å². The molecule has 9 N–H and O–H groups in total. The molecule has 0 radical (unpaired) electrons. The van der Waals surface area contributed by atoms with Gasteiger partial charge < -0.3 is 70.1 Å². The molecule has 0 amide bonds. The average Bonchev–Trinajstić information content (AvgIpc) is 1.70. The van der Waals surface area contributed by atoms with E-state index in [0.717, 1.165) is 216 Å². The van der Waals surface area contributed by atoms with Crippen molar-refractivity contribution in [2.24, 2.45) is 17.3 Å². The molecule has 4 saturated heterocycles. The highest BCUT2D eigenvalue weighted by Crippen LogP contribution is 2.48. The molecule has 5 heterocycles. The fraction of sp³-hybridized carbons (Fsp3) is 0.344. The van der Waals surface area contributed by atoms with Crippen LogP contribution in [0.2, 0.25) is 0 Å². The summed E-state index contributed by atoms with van der Waals surface area (Å²) >= 11 is 0. The molecule has 13 aromatic rings. The topological polar surface area (TPSA) is 210 Å². The summed E-state index contributed by atoms with van der Waals surface area (Å²) in [6.45, 7) is 20.9. The Hall–Kier alpha value is -12.4. The molecule has 4 aliphatic heterocycles. The maximum Gasteiger partial charge on any atom is 0.134 e. The molecular weight excluding hydrogens is 1750 g/mol. The molecule has 1 aromatic heterocycles. The number of anilines is 1. The molecule has 734 valence electrons. The van der Waals surface area contributed by atoms with Gasteiger partial charge in [0.1, 0.15) is 53.3 Å². The number of hydrogen-bond acceptors (Lipinski definition) is 16. The summed E-state index contributed by atoms with van der Waals surface area (Å²) in [6.07, 6.45) is 19.2. The number of ether oxygens (including phenoxy) is 2. The van der Waals surface area contributed by atoms with Crippen molar-refractivity contribution >= 4 is 61.2 Å². The number of nitrogens with zero attached hydrogens (tertiary/aromatic N) is 4. The van der Waals surface area contributed by atoms with Crippen LogP contribution in [0.15, 0.2) is 320 Å². The summed E-state index contributed by atoms with van der Waals surface area (Å²) in [4.78, 5) is 10.1. The number of fused-ring (bicyclic) bond motifs is 2. The first-order valence-electron chi connectivity index (χ1n) is 51.8. The highest BCUT2D eigenvalue weighted by atomic mass is 16.5. The Morgan fingerprint density at radius 1 is 0.362 bits per heavy atom. The third-order valence-electron chi connectivity index (χ3n) is 28.8. The summed E-state index contributed by atoms with van der Waals surface area (Å²) in [5.41, 5.74) is 26.7. The first-order chi connectivity index (χ1) is 69.3. The fourth-order valence-electron chi connectivity index (χ4n) is 21.2. The van der Waals surface area contributed by atoms with Crippen LogP contribution >= 0.6 is 0 Å². The molecular formula is C125H144N6O10. The molecule has 141 heavy (non-hydrogen) atoms. The number of rotatable bonds is 39. The molecule has 2 atom stereocenters. The largest absolute Gasteiger partial charge is 0.508 e. The number of allylic oxidation sites excluding steroid dienone is 4. The van der Waals surface area contributed by atoms with Gasteiger partial charge in [0.2, 0.25) is 0 Å². The van der Waals surface area contributed by atoms with Crippen LogP contribution in [-0.4, -0.2) is 193 Å². The van der Waals surface area contributed by atoms with Crippen molar-refractivity contribution in [3.63, 3.8) is 0 Å². The van der Waals surface area contributed by atoms with E-state index in [-0.39, 0.29) is 43.7 Å². The van der Waals surface area contributed by atoms with E-state index in [9.17, 15) is 35.7 Å². The second-order valence-corrected chi connectivity index (χ2v) is 38.9. The van der Waals surface area contributed by atoms with E-state index >= 15 is 0 Å². The zero-order valence-corrected chi connectivity index (χ0v) is 82.4.